The number of hydrogen-bond acceptors (Lipinski definition) is 2. The van der Waals surface area contributed by atoms with E-state index in [9.17, 15) is 0 Å². The van der Waals surface area contributed by atoms with Crippen molar-refractivity contribution in [1.29, 1.82) is 0 Å². The van der Waals surface area contributed by atoms with Crippen LogP contribution in [0.1, 0.15) is 13.3 Å². The minimum Gasteiger partial charge on any atom is -0.314 e. The van der Waals surface area contributed by atoms with E-state index in [0.717, 1.165) is 0 Å². The number of rotatable bonds is 2. The van der Waals surface area contributed by atoms with E-state index in [-0.39, 0.29) is 12.4 Å². The Bertz CT molecular complexity index is 69.3. The minimum absolute atomic E-state index is 0. The molecular weight excluding hydrogens is 148 g/mol. The highest BCUT2D eigenvalue weighted by atomic mass is 35.5. The Hall–Kier alpha value is 0.210. The first-order chi connectivity index (χ1) is 4.43. The summed E-state index contributed by atoms with van der Waals surface area (Å²) in [6.45, 7) is 8.37. The first-order valence-corrected chi connectivity index (χ1v) is 3.86. The van der Waals surface area contributed by atoms with Crippen molar-refractivity contribution in [3.63, 3.8) is 0 Å². The van der Waals surface area contributed by atoms with Gasteiger partial charge in [-0.25, -0.2) is 0 Å². The summed E-state index contributed by atoms with van der Waals surface area (Å²) < 4.78 is 0. The van der Waals surface area contributed by atoms with E-state index in [2.05, 4.69) is 17.1 Å². The van der Waals surface area contributed by atoms with Crippen LogP contribution in [-0.4, -0.2) is 37.6 Å². The van der Waals surface area contributed by atoms with Gasteiger partial charge in [-0.3, -0.25) is 0 Å². The SMILES string of the molecule is CCCN1CCNCC1.Cl. The summed E-state index contributed by atoms with van der Waals surface area (Å²) in [4.78, 5) is 2.51. The lowest BCUT2D eigenvalue weighted by molar-refractivity contribution is 0.241. The van der Waals surface area contributed by atoms with E-state index < -0.39 is 0 Å². The van der Waals surface area contributed by atoms with Crippen LogP contribution in [0.25, 0.3) is 0 Å². The lowest BCUT2D eigenvalue weighted by Gasteiger charge is -2.26. The van der Waals surface area contributed by atoms with Gasteiger partial charge < -0.3 is 10.2 Å². The zero-order valence-corrected chi connectivity index (χ0v) is 7.41. The molecule has 1 saturated heterocycles. The smallest absolute Gasteiger partial charge is 0.0107 e. The van der Waals surface area contributed by atoms with Gasteiger partial charge in [-0.1, -0.05) is 6.92 Å². The Balaban J connectivity index is 0.000000810. The molecule has 2 nitrogen and oxygen atoms in total. The van der Waals surface area contributed by atoms with Gasteiger partial charge in [-0.2, -0.15) is 0 Å². The van der Waals surface area contributed by atoms with E-state index in [1.165, 1.54) is 39.1 Å². The lowest BCUT2D eigenvalue weighted by atomic mass is 10.3. The molecule has 1 aliphatic rings. The summed E-state index contributed by atoms with van der Waals surface area (Å²) in [7, 11) is 0. The minimum atomic E-state index is 0. The second-order valence-corrected chi connectivity index (χ2v) is 2.59. The molecule has 1 aliphatic heterocycles. The largest absolute Gasteiger partial charge is 0.314 e. The number of nitrogens with one attached hydrogen (secondary N) is 1. The number of halogens is 1. The van der Waals surface area contributed by atoms with Gasteiger partial charge in [0.1, 0.15) is 0 Å². The second-order valence-electron chi connectivity index (χ2n) is 2.59. The molecule has 1 N–H and O–H groups in total. The standard InChI is InChI=1S/C7H16N2.ClH/c1-2-5-9-6-3-8-4-7-9;/h8H,2-7H2,1H3;1H. The molecule has 0 aromatic heterocycles. The molecule has 3 heteroatoms. The molecule has 1 heterocycles. The maximum atomic E-state index is 3.33. The first-order valence-electron chi connectivity index (χ1n) is 3.86. The number of nitrogens with zero attached hydrogens (tertiary/aromatic N) is 1. The molecule has 0 atom stereocenters. The van der Waals surface area contributed by atoms with Crippen molar-refractivity contribution in [3.05, 3.63) is 0 Å². The van der Waals surface area contributed by atoms with Crippen LogP contribution in [0.5, 0.6) is 0 Å². The average molecular weight is 165 g/mol. The molecule has 0 aliphatic carbocycles. The molecule has 0 bridgehead atoms. The summed E-state index contributed by atoms with van der Waals surface area (Å²) in [6.07, 6.45) is 1.29. The van der Waals surface area contributed by atoms with Crippen molar-refractivity contribution >= 4 is 12.4 Å². The van der Waals surface area contributed by atoms with Crippen molar-refractivity contribution in [3.8, 4) is 0 Å². The Kier molecular flexibility index (Phi) is 6.08. The summed E-state index contributed by atoms with van der Waals surface area (Å²) in [5, 5.41) is 3.33. The number of piperazine rings is 1. The number of hydrogen-bond donors (Lipinski definition) is 1. The average Bonchev–Trinajstić information content (AvgIpc) is 1.91. The van der Waals surface area contributed by atoms with E-state index in [0.29, 0.717) is 0 Å². The maximum absolute atomic E-state index is 3.33. The predicted molar refractivity (Wildman–Crippen MR) is 46.8 cm³/mol. The molecule has 10 heavy (non-hydrogen) atoms. The van der Waals surface area contributed by atoms with E-state index >= 15 is 0 Å². The van der Waals surface area contributed by atoms with Crippen molar-refractivity contribution in [2.24, 2.45) is 0 Å². The molecule has 0 aromatic carbocycles. The van der Waals surface area contributed by atoms with Crippen LogP contribution in [0.2, 0.25) is 0 Å². The molecule has 1 rings (SSSR count). The fourth-order valence-corrected chi connectivity index (χ4v) is 1.25. The highest BCUT2D eigenvalue weighted by Crippen LogP contribution is 1.92. The van der Waals surface area contributed by atoms with E-state index in [4.69, 9.17) is 0 Å². The van der Waals surface area contributed by atoms with Gasteiger partial charge in [-0.05, 0) is 13.0 Å². The third kappa shape index (κ3) is 3.40. The van der Waals surface area contributed by atoms with Crippen molar-refractivity contribution in [2.45, 2.75) is 13.3 Å². The van der Waals surface area contributed by atoms with Gasteiger partial charge in [0.15, 0.2) is 0 Å². The van der Waals surface area contributed by atoms with Crippen LogP contribution >= 0.6 is 12.4 Å². The van der Waals surface area contributed by atoms with Crippen molar-refractivity contribution in [2.75, 3.05) is 32.7 Å². The van der Waals surface area contributed by atoms with E-state index in [1.54, 1.807) is 0 Å². The van der Waals surface area contributed by atoms with Crippen LogP contribution in [0.15, 0.2) is 0 Å². The van der Waals surface area contributed by atoms with Gasteiger partial charge in [0.2, 0.25) is 0 Å². The molecule has 0 aromatic rings. The fraction of sp³-hybridized carbons (Fsp3) is 1.00. The normalized spacial score (nSPS) is 20.1. The van der Waals surface area contributed by atoms with Gasteiger partial charge in [0.05, 0.1) is 0 Å². The van der Waals surface area contributed by atoms with Crippen molar-refractivity contribution < 1.29 is 0 Å². The molecule has 0 amide bonds. The predicted octanol–water partition coefficient (Wildman–Crippen LogP) is 0.723. The van der Waals surface area contributed by atoms with Gasteiger partial charge >= 0.3 is 0 Å². The molecule has 0 radical (unpaired) electrons. The van der Waals surface area contributed by atoms with Crippen LogP contribution in [0, 0.1) is 0 Å². The monoisotopic (exact) mass is 164 g/mol. The molecular formula is C7H17ClN2. The highest BCUT2D eigenvalue weighted by molar-refractivity contribution is 5.85. The molecule has 0 unspecified atom stereocenters. The summed E-state index contributed by atoms with van der Waals surface area (Å²) in [6, 6.07) is 0. The van der Waals surface area contributed by atoms with Gasteiger partial charge in [0, 0.05) is 26.2 Å². The third-order valence-electron chi connectivity index (χ3n) is 1.75. The fourth-order valence-electron chi connectivity index (χ4n) is 1.25. The van der Waals surface area contributed by atoms with Crippen LogP contribution < -0.4 is 5.32 Å². The van der Waals surface area contributed by atoms with Crippen LogP contribution in [0.4, 0.5) is 0 Å². The first kappa shape index (κ1) is 10.2. The summed E-state index contributed by atoms with van der Waals surface area (Å²) >= 11 is 0. The molecule has 0 saturated carbocycles. The third-order valence-corrected chi connectivity index (χ3v) is 1.75. The Labute approximate surface area is 69.4 Å². The summed E-state index contributed by atoms with van der Waals surface area (Å²) in [5.74, 6) is 0. The zero-order valence-electron chi connectivity index (χ0n) is 6.60. The Morgan fingerprint density at radius 1 is 1.30 bits per heavy atom. The highest BCUT2D eigenvalue weighted by Gasteiger charge is 2.06. The van der Waals surface area contributed by atoms with Gasteiger partial charge in [0.25, 0.3) is 0 Å². The molecule has 62 valence electrons. The Morgan fingerprint density at radius 3 is 2.40 bits per heavy atom. The van der Waals surface area contributed by atoms with Gasteiger partial charge in [-0.15, -0.1) is 12.4 Å². The quantitative estimate of drug-likeness (QED) is 0.648. The Morgan fingerprint density at radius 2 is 1.90 bits per heavy atom. The second kappa shape index (κ2) is 5.96. The van der Waals surface area contributed by atoms with Crippen molar-refractivity contribution in [1.82, 2.24) is 10.2 Å². The van der Waals surface area contributed by atoms with Crippen LogP contribution in [-0.2, 0) is 0 Å². The summed E-state index contributed by atoms with van der Waals surface area (Å²) in [5.41, 5.74) is 0. The van der Waals surface area contributed by atoms with E-state index in [1.807, 2.05) is 0 Å². The molecule has 1 fully saturated rings. The van der Waals surface area contributed by atoms with Crippen LogP contribution in [0.3, 0.4) is 0 Å². The lowest BCUT2D eigenvalue weighted by Crippen LogP contribution is -2.43. The maximum Gasteiger partial charge on any atom is 0.0107 e. The topological polar surface area (TPSA) is 15.3 Å². The zero-order chi connectivity index (χ0) is 6.53. The molecule has 0 spiro atoms.